The van der Waals surface area contributed by atoms with Gasteiger partial charge in [0.25, 0.3) is 0 Å². The summed E-state index contributed by atoms with van der Waals surface area (Å²) in [6.07, 6.45) is -2.14. The number of aryl methyl sites for hydroxylation is 1. The number of nitrogens with one attached hydrogen (secondary N) is 1. The first-order chi connectivity index (χ1) is 12.7. The van der Waals surface area contributed by atoms with Gasteiger partial charge in [-0.1, -0.05) is 12.1 Å². The number of anilines is 1. The van der Waals surface area contributed by atoms with Crippen LogP contribution in [-0.4, -0.2) is 29.0 Å². The number of ether oxygens (including phenoxy) is 2. The first-order valence-electron chi connectivity index (χ1n) is 8.62. The number of hydrogen-bond acceptors (Lipinski definition) is 4. The van der Waals surface area contributed by atoms with Crippen LogP contribution in [-0.2, 0) is 9.47 Å². The summed E-state index contributed by atoms with van der Waals surface area (Å²) in [4.78, 5) is 24.8. The fourth-order valence-electron chi connectivity index (χ4n) is 2.43. The van der Waals surface area contributed by atoms with Gasteiger partial charge in [-0.25, -0.2) is 15.0 Å². The van der Waals surface area contributed by atoms with Crippen LogP contribution in [0.25, 0.3) is 5.69 Å². The molecule has 0 unspecified atom stereocenters. The van der Waals surface area contributed by atoms with E-state index in [-0.39, 0.29) is 12.2 Å². The van der Waals surface area contributed by atoms with Gasteiger partial charge in [0, 0.05) is 10.2 Å². The fraction of sp³-hybridized carbons (Fsp3) is 0.368. The monoisotopic (exact) mass is 437 g/mol. The first-order valence-corrected chi connectivity index (χ1v) is 9.41. The Morgan fingerprint density at radius 1 is 1.04 bits per heavy atom. The number of carbonyl (C=O) groups is 2. The lowest BCUT2D eigenvalue weighted by Crippen LogP contribution is -2.49. The number of benzene rings is 1. The molecule has 2 amide bonds. The van der Waals surface area contributed by atoms with E-state index in [0.717, 1.165) is 20.9 Å². The summed E-state index contributed by atoms with van der Waals surface area (Å²) in [6.45, 7) is 8.83. The predicted molar refractivity (Wildman–Crippen MR) is 107 cm³/mol. The summed E-state index contributed by atoms with van der Waals surface area (Å²) >= 11 is 3.53. The number of hydrazine groups is 1. The van der Waals surface area contributed by atoms with Crippen LogP contribution in [0.2, 0.25) is 0 Å². The zero-order valence-corrected chi connectivity index (χ0v) is 17.6. The van der Waals surface area contributed by atoms with Gasteiger partial charge in [0.05, 0.1) is 17.9 Å². The molecule has 146 valence electrons. The second-order valence-corrected chi connectivity index (χ2v) is 7.31. The number of carbonyl (C=O) groups excluding carboxylic acids is 2. The minimum atomic E-state index is -0.747. The van der Waals surface area contributed by atoms with E-state index in [9.17, 15) is 9.59 Å². The molecule has 0 fully saturated rings. The van der Waals surface area contributed by atoms with Crippen molar-refractivity contribution in [1.82, 2.24) is 9.99 Å². The maximum Gasteiger partial charge on any atom is 0.435 e. The number of aromatic nitrogens is 1. The van der Waals surface area contributed by atoms with E-state index in [1.807, 2.05) is 41.8 Å². The van der Waals surface area contributed by atoms with E-state index < -0.39 is 12.2 Å². The Morgan fingerprint density at radius 3 is 2.26 bits per heavy atom. The molecule has 0 aliphatic heterocycles. The zero-order valence-electron chi connectivity index (χ0n) is 16.0. The van der Waals surface area contributed by atoms with E-state index >= 15 is 0 Å². The predicted octanol–water partition coefficient (Wildman–Crippen LogP) is 4.95. The molecule has 1 N–H and O–H groups in total. The van der Waals surface area contributed by atoms with Crippen molar-refractivity contribution < 1.29 is 19.1 Å². The Balaban J connectivity index is 2.48. The number of rotatable bonds is 4. The third kappa shape index (κ3) is 5.26. The number of hydrogen-bond donors (Lipinski definition) is 1. The van der Waals surface area contributed by atoms with E-state index in [1.165, 1.54) is 0 Å². The largest absolute Gasteiger partial charge is 0.446 e. The Labute approximate surface area is 167 Å². The summed E-state index contributed by atoms with van der Waals surface area (Å²) < 4.78 is 13.1. The summed E-state index contributed by atoms with van der Waals surface area (Å²) in [6, 6.07) is 11.2. The molecule has 8 heteroatoms. The Bertz CT molecular complexity index is 817. The van der Waals surface area contributed by atoms with Crippen molar-refractivity contribution in [3.05, 3.63) is 46.6 Å². The molecule has 0 atom stereocenters. The lowest BCUT2D eigenvalue weighted by atomic mass is 10.3. The van der Waals surface area contributed by atoms with Crippen LogP contribution in [0.1, 0.15) is 33.4 Å². The average Bonchev–Trinajstić information content (AvgIpc) is 2.93. The van der Waals surface area contributed by atoms with E-state index in [2.05, 4.69) is 21.4 Å². The molecule has 1 aromatic heterocycles. The summed E-state index contributed by atoms with van der Waals surface area (Å²) in [5.41, 5.74) is 4.16. The number of halogens is 1. The number of para-hydroxylation sites is 1. The molecule has 0 bridgehead atoms. The molecule has 0 saturated carbocycles. The first kappa shape index (κ1) is 20.8. The third-order valence-corrected chi connectivity index (χ3v) is 4.11. The van der Waals surface area contributed by atoms with Crippen LogP contribution in [0.4, 0.5) is 15.4 Å². The van der Waals surface area contributed by atoms with Crippen molar-refractivity contribution in [2.24, 2.45) is 0 Å². The second-order valence-electron chi connectivity index (χ2n) is 6.45. The van der Waals surface area contributed by atoms with Crippen molar-refractivity contribution in [3.8, 4) is 5.69 Å². The van der Waals surface area contributed by atoms with Gasteiger partial charge < -0.3 is 9.47 Å². The van der Waals surface area contributed by atoms with Gasteiger partial charge >= 0.3 is 12.2 Å². The van der Waals surface area contributed by atoms with Crippen LogP contribution in [0, 0.1) is 6.92 Å². The zero-order chi connectivity index (χ0) is 20.1. The highest BCUT2D eigenvalue weighted by Crippen LogP contribution is 2.29. The standard InChI is InChI=1S/C19H24BrN3O4/c1-12(2)26-18(24)21-23(19(25)27-13(3)4)17-11-10-14(5)22(17)16-9-7-6-8-15(16)20/h6-13H,1-5H3,(H,21,24). The maximum atomic E-state index is 12.7. The molecule has 0 spiro atoms. The Morgan fingerprint density at radius 2 is 1.67 bits per heavy atom. The van der Waals surface area contributed by atoms with Crippen LogP contribution >= 0.6 is 15.9 Å². The molecule has 2 aromatic rings. The highest BCUT2D eigenvalue weighted by Gasteiger charge is 2.26. The molecule has 7 nitrogen and oxygen atoms in total. The lowest BCUT2D eigenvalue weighted by Gasteiger charge is -2.25. The van der Waals surface area contributed by atoms with Crippen LogP contribution < -0.4 is 10.4 Å². The Kier molecular flexibility index (Phi) is 6.90. The molecule has 0 aliphatic carbocycles. The number of nitrogens with zero attached hydrogens (tertiary/aromatic N) is 2. The minimum absolute atomic E-state index is 0.329. The topological polar surface area (TPSA) is 72.8 Å². The van der Waals surface area contributed by atoms with Crippen molar-refractivity contribution in [2.75, 3.05) is 5.01 Å². The summed E-state index contributed by atoms with van der Waals surface area (Å²) in [7, 11) is 0. The van der Waals surface area contributed by atoms with Crippen molar-refractivity contribution >= 4 is 33.9 Å². The Hall–Kier alpha value is -2.48. The van der Waals surface area contributed by atoms with Gasteiger partial charge in [0.1, 0.15) is 5.82 Å². The van der Waals surface area contributed by atoms with Gasteiger partial charge in [-0.2, -0.15) is 5.01 Å². The van der Waals surface area contributed by atoms with E-state index in [0.29, 0.717) is 5.82 Å². The van der Waals surface area contributed by atoms with Crippen molar-refractivity contribution in [2.45, 2.75) is 46.8 Å². The molecule has 0 radical (unpaired) electrons. The normalized spacial score (nSPS) is 10.8. The van der Waals surface area contributed by atoms with Gasteiger partial charge in [-0.15, -0.1) is 0 Å². The van der Waals surface area contributed by atoms with Crippen molar-refractivity contribution in [1.29, 1.82) is 0 Å². The molecule has 0 saturated heterocycles. The lowest BCUT2D eigenvalue weighted by molar-refractivity contribution is 0.103. The highest BCUT2D eigenvalue weighted by atomic mass is 79.9. The fourth-order valence-corrected chi connectivity index (χ4v) is 2.89. The smallest absolute Gasteiger partial charge is 0.435 e. The van der Waals surface area contributed by atoms with Crippen LogP contribution in [0.15, 0.2) is 40.9 Å². The maximum absolute atomic E-state index is 12.7. The second kappa shape index (κ2) is 8.94. The van der Waals surface area contributed by atoms with Crippen molar-refractivity contribution in [3.63, 3.8) is 0 Å². The van der Waals surface area contributed by atoms with E-state index in [4.69, 9.17) is 9.47 Å². The van der Waals surface area contributed by atoms with Gasteiger partial charge in [-0.3, -0.25) is 4.57 Å². The minimum Gasteiger partial charge on any atom is -0.446 e. The highest BCUT2D eigenvalue weighted by molar-refractivity contribution is 9.10. The molecular formula is C19H24BrN3O4. The SMILES string of the molecule is Cc1ccc(N(NC(=O)OC(C)C)C(=O)OC(C)C)n1-c1ccccc1Br. The van der Waals surface area contributed by atoms with Gasteiger partial charge in [-0.05, 0) is 74.8 Å². The molecule has 1 aromatic carbocycles. The van der Waals surface area contributed by atoms with Gasteiger partial charge in [0.2, 0.25) is 0 Å². The molecule has 0 aliphatic rings. The summed E-state index contributed by atoms with van der Waals surface area (Å²) in [5, 5.41) is 1.05. The molecule has 27 heavy (non-hydrogen) atoms. The molecule has 1 heterocycles. The average molecular weight is 438 g/mol. The number of amides is 2. The molecular weight excluding hydrogens is 414 g/mol. The summed E-state index contributed by atoms with van der Waals surface area (Å²) in [5.74, 6) is 0.422. The molecule has 2 rings (SSSR count). The van der Waals surface area contributed by atoms with E-state index in [1.54, 1.807) is 33.8 Å². The quantitative estimate of drug-likeness (QED) is 0.686. The van der Waals surface area contributed by atoms with Crippen LogP contribution in [0.3, 0.4) is 0 Å². The van der Waals surface area contributed by atoms with Crippen LogP contribution in [0.5, 0.6) is 0 Å². The third-order valence-electron chi connectivity index (χ3n) is 3.44. The van der Waals surface area contributed by atoms with Gasteiger partial charge in [0.15, 0.2) is 0 Å².